The van der Waals surface area contributed by atoms with E-state index in [9.17, 15) is 9.18 Å². The minimum absolute atomic E-state index is 0.114. The first-order valence-electron chi connectivity index (χ1n) is 7.83. The molecule has 4 aromatic rings. The highest BCUT2D eigenvalue weighted by Crippen LogP contribution is 2.31. The van der Waals surface area contributed by atoms with E-state index < -0.39 is 0 Å². The van der Waals surface area contributed by atoms with Gasteiger partial charge in [-0.1, -0.05) is 12.1 Å². The first kappa shape index (κ1) is 15.3. The van der Waals surface area contributed by atoms with Crippen molar-refractivity contribution < 1.29 is 4.39 Å². The maximum absolute atomic E-state index is 14.3. The topological polar surface area (TPSA) is 39.8 Å². The van der Waals surface area contributed by atoms with E-state index in [1.54, 1.807) is 36.3 Å². The molecule has 0 aliphatic rings. The zero-order chi connectivity index (χ0) is 17.6. The zero-order valence-corrected chi connectivity index (χ0v) is 13.8. The van der Waals surface area contributed by atoms with Crippen LogP contribution in [0, 0.1) is 11.9 Å². The molecular weight excluding hydrogens is 317 g/mol. The third kappa shape index (κ3) is 2.54. The number of nitrogens with zero attached hydrogens (tertiary/aromatic N) is 3. The summed E-state index contributed by atoms with van der Waals surface area (Å²) >= 11 is 0. The summed E-state index contributed by atoms with van der Waals surface area (Å²) in [6.45, 7) is 0. The molecule has 0 amide bonds. The van der Waals surface area contributed by atoms with Crippen molar-refractivity contribution in [1.29, 1.82) is 0 Å². The van der Waals surface area contributed by atoms with E-state index in [4.69, 9.17) is 0 Å². The largest absolute Gasteiger partial charge is 0.317 e. The average molecular weight is 332 g/mol. The Balaban J connectivity index is 2.06. The number of halogens is 1. The number of benzene rings is 2. The maximum Gasteiger partial charge on any atom is 0.258 e. The maximum atomic E-state index is 14.3. The SMILES string of the molecule is Cn1cc(-c2ccc3c(=O)n(C)cc(-c4c[c]ccc4F)c3c2)cn1. The van der Waals surface area contributed by atoms with Gasteiger partial charge in [0.15, 0.2) is 0 Å². The van der Waals surface area contributed by atoms with E-state index >= 15 is 0 Å². The second-order valence-electron chi connectivity index (χ2n) is 6.03. The Bertz CT molecular complexity index is 1160. The van der Waals surface area contributed by atoms with Gasteiger partial charge < -0.3 is 4.57 Å². The Hall–Kier alpha value is -3.21. The van der Waals surface area contributed by atoms with Crippen LogP contribution >= 0.6 is 0 Å². The predicted molar refractivity (Wildman–Crippen MR) is 95.6 cm³/mol. The van der Waals surface area contributed by atoms with Crippen LogP contribution in [-0.4, -0.2) is 14.3 Å². The fraction of sp³-hybridized carbons (Fsp3) is 0.100. The number of pyridine rings is 1. The van der Waals surface area contributed by atoms with Crippen molar-refractivity contribution in [3.63, 3.8) is 0 Å². The average Bonchev–Trinajstić information content (AvgIpc) is 3.05. The first-order chi connectivity index (χ1) is 12.0. The van der Waals surface area contributed by atoms with Crippen molar-refractivity contribution in [2.24, 2.45) is 14.1 Å². The van der Waals surface area contributed by atoms with Crippen LogP contribution in [-0.2, 0) is 14.1 Å². The molecule has 0 unspecified atom stereocenters. The molecule has 0 fully saturated rings. The molecule has 0 aliphatic heterocycles. The molecule has 0 spiro atoms. The summed E-state index contributed by atoms with van der Waals surface area (Å²) in [5, 5.41) is 5.45. The van der Waals surface area contributed by atoms with Gasteiger partial charge in [-0.25, -0.2) is 4.39 Å². The van der Waals surface area contributed by atoms with Gasteiger partial charge in [0.25, 0.3) is 5.56 Å². The van der Waals surface area contributed by atoms with Crippen molar-refractivity contribution >= 4 is 10.8 Å². The molecule has 123 valence electrons. The van der Waals surface area contributed by atoms with Crippen LogP contribution in [0.15, 0.2) is 59.8 Å². The van der Waals surface area contributed by atoms with Gasteiger partial charge in [0.05, 0.1) is 6.20 Å². The standard InChI is InChI=1S/C20H15FN3O/c1-23-12-18(15-5-3-4-6-19(15)21)17-9-13(7-8-16(17)20(23)25)14-10-22-24(2)11-14/h4-12H,1-2H3. The number of aromatic nitrogens is 3. The summed E-state index contributed by atoms with van der Waals surface area (Å²) in [6.07, 6.45) is 5.33. The van der Waals surface area contributed by atoms with Gasteiger partial charge in [0.2, 0.25) is 0 Å². The molecule has 2 aromatic heterocycles. The zero-order valence-electron chi connectivity index (χ0n) is 13.8. The number of hydrogen-bond donors (Lipinski definition) is 0. The Morgan fingerprint density at radius 2 is 1.88 bits per heavy atom. The lowest BCUT2D eigenvalue weighted by Gasteiger charge is -2.11. The van der Waals surface area contributed by atoms with Gasteiger partial charge in [0, 0.05) is 48.6 Å². The Morgan fingerprint density at radius 3 is 2.60 bits per heavy atom. The van der Waals surface area contributed by atoms with E-state index in [0.29, 0.717) is 21.9 Å². The number of rotatable bonds is 2. The second-order valence-corrected chi connectivity index (χ2v) is 6.03. The molecule has 0 atom stereocenters. The molecule has 4 rings (SSSR count). The summed E-state index contributed by atoms with van der Waals surface area (Å²) in [7, 11) is 3.52. The number of hydrogen-bond acceptors (Lipinski definition) is 2. The van der Waals surface area contributed by atoms with Crippen molar-refractivity contribution in [2.75, 3.05) is 0 Å². The van der Waals surface area contributed by atoms with Crippen molar-refractivity contribution in [3.05, 3.63) is 77.2 Å². The molecule has 5 heteroatoms. The molecular formula is C20H15FN3O. The Labute approximate surface area is 143 Å². The highest BCUT2D eigenvalue weighted by molar-refractivity contribution is 5.98. The summed E-state index contributed by atoms with van der Waals surface area (Å²) in [5.41, 5.74) is 2.84. The van der Waals surface area contributed by atoms with Gasteiger partial charge in [-0.15, -0.1) is 0 Å². The fourth-order valence-corrected chi connectivity index (χ4v) is 3.05. The molecule has 0 aliphatic carbocycles. The quantitative estimate of drug-likeness (QED) is 0.563. The van der Waals surface area contributed by atoms with Crippen molar-refractivity contribution in [2.45, 2.75) is 0 Å². The lowest BCUT2D eigenvalue weighted by atomic mass is 9.97. The van der Waals surface area contributed by atoms with Crippen LogP contribution in [0.3, 0.4) is 0 Å². The molecule has 2 heterocycles. The highest BCUT2D eigenvalue weighted by atomic mass is 19.1. The molecule has 0 N–H and O–H groups in total. The molecule has 0 saturated carbocycles. The van der Waals surface area contributed by atoms with Crippen molar-refractivity contribution in [1.82, 2.24) is 14.3 Å². The lowest BCUT2D eigenvalue weighted by Crippen LogP contribution is -2.16. The summed E-state index contributed by atoms with van der Waals surface area (Å²) in [4.78, 5) is 12.5. The number of aryl methyl sites for hydroxylation is 2. The second kappa shape index (κ2) is 5.70. The lowest BCUT2D eigenvalue weighted by molar-refractivity contribution is 0.631. The third-order valence-corrected chi connectivity index (χ3v) is 4.32. The van der Waals surface area contributed by atoms with Crippen LogP contribution in [0.5, 0.6) is 0 Å². The van der Waals surface area contributed by atoms with Gasteiger partial charge >= 0.3 is 0 Å². The summed E-state index contributed by atoms with van der Waals surface area (Å²) in [5.74, 6) is -0.342. The van der Waals surface area contributed by atoms with Gasteiger partial charge in [-0.05, 0) is 41.3 Å². The first-order valence-corrected chi connectivity index (χ1v) is 7.83. The molecule has 0 bridgehead atoms. The van der Waals surface area contributed by atoms with Gasteiger partial charge in [-0.3, -0.25) is 9.48 Å². The molecule has 1 radical (unpaired) electrons. The van der Waals surface area contributed by atoms with Crippen LogP contribution in [0.1, 0.15) is 0 Å². The number of fused-ring (bicyclic) bond motifs is 1. The predicted octanol–water partition coefficient (Wildman–Crippen LogP) is 3.55. The monoisotopic (exact) mass is 332 g/mol. The smallest absolute Gasteiger partial charge is 0.258 e. The molecule has 4 nitrogen and oxygen atoms in total. The third-order valence-electron chi connectivity index (χ3n) is 4.32. The van der Waals surface area contributed by atoms with Crippen LogP contribution < -0.4 is 5.56 Å². The molecule has 25 heavy (non-hydrogen) atoms. The Morgan fingerprint density at radius 1 is 1.04 bits per heavy atom. The van der Waals surface area contributed by atoms with E-state index in [1.807, 2.05) is 25.4 Å². The summed E-state index contributed by atoms with van der Waals surface area (Å²) < 4.78 is 17.5. The highest BCUT2D eigenvalue weighted by Gasteiger charge is 2.13. The van der Waals surface area contributed by atoms with E-state index in [0.717, 1.165) is 11.1 Å². The summed E-state index contributed by atoms with van der Waals surface area (Å²) in [6, 6.07) is 13.0. The van der Waals surface area contributed by atoms with Gasteiger partial charge in [-0.2, -0.15) is 5.10 Å². The van der Waals surface area contributed by atoms with E-state index in [-0.39, 0.29) is 11.4 Å². The minimum Gasteiger partial charge on any atom is -0.317 e. The Kier molecular flexibility index (Phi) is 3.50. The molecule has 0 saturated heterocycles. The minimum atomic E-state index is -0.342. The van der Waals surface area contributed by atoms with Crippen LogP contribution in [0.4, 0.5) is 4.39 Å². The molecule has 2 aromatic carbocycles. The normalized spacial score (nSPS) is 11.2. The van der Waals surface area contributed by atoms with Gasteiger partial charge in [0.1, 0.15) is 5.82 Å². The fourth-order valence-electron chi connectivity index (χ4n) is 3.05. The van der Waals surface area contributed by atoms with E-state index in [1.165, 1.54) is 16.7 Å². The van der Waals surface area contributed by atoms with Crippen LogP contribution in [0.2, 0.25) is 0 Å². The van der Waals surface area contributed by atoms with Crippen LogP contribution in [0.25, 0.3) is 33.0 Å². The van der Waals surface area contributed by atoms with E-state index in [2.05, 4.69) is 11.2 Å². The van der Waals surface area contributed by atoms with Crippen molar-refractivity contribution in [3.8, 4) is 22.3 Å².